The fraction of sp³-hybridized carbons (Fsp3) is 0.462. The van der Waals surface area contributed by atoms with E-state index in [0.717, 1.165) is 36.1 Å². The summed E-state index contributed by atoms with van der Waals surface area (Å²) in [5.41, 5.74) is 2.08. The number of carbonyl (C=O) groups excluding carboxylic acids is 2. The van der Waals surface area contributed by atoms with Gasteiger partial charge in [-0.15, -0.1) is 11.8 Å². The highest BCUT2D eigenvalue weighted by atomic mass is 35.5. The molecule has 0 saturated heterocycles. The SMILES string of the molecule is CC[C@H](C(=O)NC1CCCC1)N(Cc1ccccc1Cl)C(=O)CCSc1ccc(C)cc1. The summed E-state index contributed by atoms with van der Waals surface area (Å²) in [4.78, 5) is 29.3. The average molecular weight is 473 g/mol. The number of halogens is 1. The number of nitrogens with one attached hydrogen (secondary N) is 1. The molecule has 172 valence electrons. The molecule has 0 spiro atoms. The predicted octanol–water partition coefficient (Wildman–Crippen LogP) is 6.00. The first-order valence-corrected chi connectivity index (χ1v) is 12.9. The van der Waals surface area contributed by atoms with E-state index in [9.17, 15) is 9.59 Å². The van der Waals surface area contributed by atoms with Crippen molar-refractivity contribution in [3.05, 3.63) is 64.7 Å². The van der Waals surface area contributed by atoms with E-state index in [1.165, 1.54) is 5.56 Å². The van der Waals surface area contributed by atoms with Crippen LogP contribution < -0.4 is 5.32 Å². The third-order valence-corrected chi connectivity index (χ3v) is 7.37. The van der Waals surface area contributed by atoms with Gasteiger partial charge >= 0.3 is 0 Å². The van der Waals surface area contributed by atoms with E-state index in [-0.39, 0.29) is 17.9 Å². The monoisotopic (exact) mass is 472 g/mol. The molecular weight excluding hydrogens is 440 g/mol. The molecule has 1 aliphatic rings. The number of amides is 2. The number of hydrogen-bond donors (Lipinski definition) is 1. The van der Waals surface area contributed by atoms with E-state index in [1.807, 2.05) is 31.2 Å². The Kier molecular flexibility index (Phi) is 9.49. The molecule has 1 N–H and O–H groups in total. The lowest BCUT2D eigenvalue weighted by atomic mass is 10.1. The second kappa shape index (κ2) is 12.3. The van der Waals surface area contributed by atoms with E-state index in [1.54, 1.807) is 16.7 Å². The molecule has 0 heterocycles. The molecule has 1 fully saturated rings. The second-order valence-corrected chi connectivity index (χ2v) is 10.0. The van der Waals surface area contributed by atoms with Crippen LogP contribution in [-0.2, 0) is 16.1 Å². The first kappa shape index (κ1) is 24.7. The van der Waals surface area contributed by atoms with Crippen LogP contribution in [0.2, 0.25) is 5.02 Å². The summed E-state index contributed by atoms with van der Waals surface area (Å²) in [6.45, 7) is 4.36. The smallest absolute Gasteiger partial charge is 0.243 e. The van der Waals surface area contributed by atoms with Crippen molar-refractivity contribution < 1.29 is 9.59 Å². The van der Waals surface area contributed by atoms with Gasteiger partial charge in [-0.1, -0.05) is 67.3 Å². The summed E-state index contributed by atoms with van der Waals surface area (Å²) in [5, 5.41) is 3.80. The molecular formula is C26H33ClN2O2S. The van der Waals surface area contributed by atoms with Crippen LogP contribution in [0.25, 0.3) is 0 Å². The van der Waals surface area contributed by atoms with E-state index >= 15 is 0 Å². The zero-order valence-electron chi connectivity index (χ0n) is 19.0. The standard InChI is InChI=1S/C26H33ClN2O2S/c1-3-24(26(31)28-21-9-5-6-10-21)29(18-20-8-4-7-11-23(20)27)25(30)16-17-32-22-14-12-19(2)13-15-22/h4,7-8,11-15,21,24H,3,5-6,9-10,16-18H2,1-2H3,(H,28,31)/t24-/m1/s1. The topological polar surface area (TPSA) is 49.4 Å². The highest BCUT2D eigenvalue weighted by Gasteiger charge is 2.30. The van der Waals surface area contributed by atoms with Crippen molar-refractivity contribution in [2.45, 2.75) is 75.9 Å². The molecule has 1 atom stereocenters. The molecule has 6 heteroatoms. The van der Waals surface area contributed by atoms with Crippen molar-refractivity contribution in [3.8, 4) is 0 Å². The Morgan fingerprint density at radius 2 is 1.81 bits per heavy atom. The van der Waals surface area contributed by atoms with E-state index < -0.39 is 6.04 Å². The van der Waals surface area contributed by atoms with Crippen LogP contribution in [0.5, 0.6) is 0 Å². The molecule has 3 rings (SSSR count). The quantitative estimate of drug-likeness (QED) is 0.431. The van der Waals surface area contributed by atoms with Gasteiger partial charge in [0.05, 0.1) is 0 Å². The maximum Gasteiger partial charge on any atom is 0.243 e. The summed E-state index contributed by atoms with van der Waals surface area (Å²) in [6, 6.07) is 15.6. The molecule has 2 amide bonds. The van der Waals surface area contributed by atoms with Crippen molar-refractivity contribution in [3.63, 3.8) is 0 Å². The molecule has 32 heavy (non-hydrogen) atoms. The first-order valence-electron chi connectivity index (χ1n) is 11.5. The van der Waals surface area contributed by atoms with Gasteiger partial charge in [0.1, 0.15) is 6.04 Å². The van der Waals surface area contributed by atoms with Gasteiger partial charge in [0.2, 0.25) is 11.8 Å². The number of nitrogens with zero attached hydrogens (tertiary/aromatic N) is 1. The molecule has 0 aliphatic heterocycles. The third kappa shape index (κ3) is 7.01. The van der Waals surface area contributed by atoms with Gasteiger partial charge in [-0.3, -0.25) is 9.59 Å². The number of thioether (sulfide) groups is 1. The van der Waals surface area contributed by atoms with Gasteiger partial charge in [0, 0.05) is 34.7 Å². The van der Waals surface area contributed by atoms with Crippen molar-refractivity contribution >= 4 is 35.2 Å². The van der Waals surface area contributed by atoms with Crippen LogP contribution in [0.15, 0.2) is 53.4 Å². The number of carbonyl (C=O) groups is 2. The molecule has 2 aromatic carbocycles. The minimum atomic E-state index is -0.497. The Balaban J connectivity index is 1.70. The van der Waals surface area contributed by atoms with Crippen LogP contribution in [0.1, 0.15) is 56.6 Å². The van der Waals surface area contributed by atoms with Gasteiger partial charge in [-0.25, -0.2) is 0 Å². The zero-order valence-corrected chi connectivity index (χ0v) is 20.6. The molecule has 4 nitrogen and oxygen atoms in total. The number of benzene rings is 2. The van der Waals surface area contributed by atoms with Crippen molar-refractivity contribution in [2.75, 3.05) is 5.75 Å². The fourth-order valence-electron chi connectivity index (χ4n) is 4.13. The van der Waals surface area contributed by atoms with Crippen LogP contribution >= 0.6 is 23.4 Å². The van der Waals surface area contributed by atoms with E-state index in [0.29, 0.717) is 30.2 Å². The van der Waals surface area contributed by atoms with Crippen molar-refractivity contribution in [1.29, 1.82) is 0 Å². The van der Waals surface area contributed by atoms with Crippen LogP contribution in [0, 0.1) is 6.92 Å². The second-order valence-electron chi connectivity index (χ2n) is 8.44. The van der Waals surface area contributed by atoms with Crippen LogP contribution in [-0.4, -0.2) is 34.6 Å². The lowest BCUT2D eigenvalue weighted by Crippen LogP contribution is -2.51. The molecule has 1 aliphatic carbocycles. The van der Waals surface area contributed by atoms with Gasteiger partial charge in [-0.2, -0.15) is 0 Å². The Labute approximate surface area is 201 Å². The summed E-state index contributed by atoms with van der Waals surface area (Å²) in [6.07, 6.45) is 5.29. The molecule has 0 radical (unpaired) electrons. The Morgan fingerprint density at radius 3 is 2.47 bits per heavy atom. The fourth-order valence-corrected chi connectivity index (χ4v) is 5.17. The van der Waals surface area contributed by atoms with Gasteiger partial charge < -0.3 is 10.2 Å². The average Bonchev–Trinajstić information content (AvgIpc) is 3.29. The van der Waals surface area contributed by atoms with Crippen molar-refractivity contribution in [1.82, 2.24) is 10.2 Å². The lowest BCUT2D eigenvalue weighted by molar-refractivity contribution is -0.141. The molecule has 0 aromatic heterocycles. The zero-order chi connectivity index (χ0) is 22.9. The third-order valence-electron chi connectivity index (χ3n) is 5.99. The molecule has 0 bridgehead atoms. The highest BCUT2D eigenvalue weighted by Crippen LogP contribution is 2.24. The number of aryl methyl sites for hydroxylation is 1. The van der Waals surface area contributed by atoms with Gasteiger partial charge in [-0.05, 0) is 49.9 Å². The largest absolute Gasteiger partial charge is 0.352 e. The minimum Gasteiger partial charge on any atom is -0.352 e. The summed E-state index contributed by atoms with van der Waals surface area (Å²) < 4.78 is 0. The predicted molar refractivity (Wildman–Crippen MR) is 133 cm³/mol. The van der Waals surface area contributed by atoms with E-state index in [2.05, 4.69) is 36.5 Å². The van der Waals surface area contributed by atoms with Crippen molar-refractivity contribution in [2.24, 2.45) is 0 Å². The molecule has 0 unspecified atom stereocenters. The highest BCUT2D eigenvalue weighted by molar-refractivity contribution is 7.99. The normalized spacial score (nSPS) is 14.8. The maximum absolute atomic E-state index is 13.3. The number of hydrogen-bond acceptors (Lipinski definition) is 3. The molecule has 2 aromatic rings. The summed E-state index contributed by atoms with van der Waals surface area (Å²) >= 11 is 8.06. The first-order chi connectivity index (χ1) is 15.5. The Bertz CT molecular complexity index is 897. The minimum absolute atomic E-state index is 0.0158. The Hall–Kier alpha value is -1.98. The van der Waals surface area contributed by atoms with Gasteiger partial charge in [0.15, 0.2) is 0 Å². The summed E-state index contributed by atoms with van der Waals surface area (Å²) in [5.74, 6) is 0.602. The number of rotatable bonds is 10. The summed E-state index contributed by atoms with van der Waals surface area (Å²) in [7, 11) is 0. The van der Waals surface area contributed by atoms with Gasteiger partial charge in [0.25, 0.3) is 0 Å². The van der Waals surface area contributed by atoms with E-state index in [4.69, 9.17) is 11.6 Å². The Morgan fingerprint density at radius 1 is 1.12 bits per heavy atom. The van der Waals surface area contributed by atoms with Crippen LogP contribution in [0.4, 0.5) is 0 Å². The molecule has 1 saturated carbocycles. The lowest BCUT2D eigenvalue weighted by Gasteiger charge is -2.32. The maximum atomic E-state index is 13.3. The van der Waals surface area contributed by atoms with Crippen LogP contribution in [0.3, 0.4) is 0 Å².